The first-order valence-electron chi connectivity index (χ1n) is 7.54. The summed E-state index contributed by atoms with van der Waals surface area (Å²) in [6.07, 6.45) is 1.43. The lowest BCUT2D eigenvalue weighted by Gasteiger charge is -2.09. The monoisotopic (exact) mass is 358 g/mol. The van der Waals surface area contributed by atoms with E-state index in [1.165, 1.54) is 6.33 Å². The Bertz CT molecular complexity index is 961. The van der Waals surface area contributed by atoms with Crippen LogP contribution in [0.2, 0.25) is 0 Å². The predicted octanol–water partition coefficient (Wildman–Crippen LogP) is 4.20. The van der Waals surface area contributed by atoms with Gasteiger partial charge in [0.05, 0.1) is 5.56 Å². The maximum atomic E-state index is 13.7. The zero-order chi connectivity index (χ0) is 18.7. The molecule has 0 aliphatic heterocycles. The van der Waals surface area contributed by atoms with Gasteiger partial charge in [0, 0.05) is 23.1 Å². The first kappa shape index (κ1) is 17.4. The van der Waals surface area contributed by atoms with Crippen LogP contribution in [0.5, 0.6) is 0 Å². The molecule has 3 aromatic rings. The fourth-order valence-corrected chi connectivity index (χ4v) is 2.21. The smallest absolute Gasteiger partial charge is 0.258 e. The summed E-state index contributed by atoms with van der Waals surface area (Å²) in [4.78, 5) is 20.1. The second kappa shape index (κ2) is 7.22. The van der Waals surface area contributed by atoms with Gasteiger partial charge in [0.15, 0.2) is 17.5 Å². The molecule has 2 N–H and O–H groups in total. The van der Waals surface area contributed by atoms with E-state index < -0.39 is 28.9 Å². The maximum absolute atomic E-state index is 13.7. The van der Waals surface area contributed by atoms with Gasteiger partial charge in [-0.15, -0.1) is 0 Å². The van der Waals surface area contributed by atoms with Crippen molar-refractivity contribution < 1.29 is 18.0 Å². The van der Waals surface area contributed by atoms with Gasteiger partial charge < -0.3 is 10.6 Å². The van der Waals surface area contributed by atoms with Crippen LogP contribution in [0.15, 0.2) is 48.8 Å². The highest BCUT2D eigenvalue weighted by molar-refractivity contribution is 6.04. The Morgan fingerprint density at radius 3 is 2.31 bits per heavy atom. The van der Waals surface area contributed by atoms with E-state index in [0.29, 0.717) is 23.3 Å². The second-order valence-corrected chi connectivity index (χ2v) is 5.42. The number of benzene rings is 2. The molecule has 0 atom stereocenters. The topological polar surface area (TPSA) is 66.9 Å². The number of amides is 1. The van der Waals surface area contributed by atoms with E-state index in [-0.39, 0.29) is 0 Å². The Hall–Kier alpha value is -3.42. The Kier molecular flexibility index (Phi) is 4.83. The summed E-state index contributed by atoms with van der Waals surface area (Å²) in [7, 11) is 0. The SMILES string of the molecule is Cc1cc(Nc2ccc(NC(=O)c3ccc(F)c(F)c3F)cc2)ncn1. The van der Waals surface area contributed by atoms with Crippen LogP contribution >= 0.6 is 0 Å². The van der Waals surface area contributed by atoms with Gasteiger partial charge in [-0.25, -0.2) is 23.1 Å². The number of aromatic nitrogens is 2. The molecule has 1 amide bonds. The van der Waals surface area contributed by atoms with Crippen molar-refractivity contribution in [1.29, 1.82) is 0 Å². The van der Waals surface area contributed by atoms with E-state index in [2.05, 4.69) is 20.6 Å². The second-order valence-electron chi connectivity index (χ2n) is 5.42. The number of carbonyl (C=O) groups excluding carboxylic acids is 1. The molecular weight excluding hydrogens is 345 g/mol. The van der Waals surface area contributed by atoms with Crippen LogP contribution in [0.3, 0.4) is 0 Å². The van der Waals surface area contributed by atoms with Gasteiger partial charge in [-0.2, -0.15) is 0 Å². The molecule has 0 bridgehead atoms. The fraction of sp³-hybridized carbons (Fsp3) is 0.0556. The molecule has 0 saturated heterocycles. The molecule has 0 radical (unpaired) electrons. The van der Waals surface area contributed by atoms with Crippen molar-refractivity contribution in [2.24, 2.45) is 0 Å². The summed E-state index contributed by atoms with van der Waals surface area (Å²) in [5, 5.41) is 5.49. The number of rotatable bonds is 4. The first-order chi connectivity index (χ1) is 12.4. The summed E-state index contributed by atoms with van der Waals surface area (Å²) in [5.74, 6) is -4.83. The average molecular weight is 358 g/mol. The van der Waals surface area contributed by atoms with Crippen molar-refractivity contribution in [3.05, 3.63) is 77.5 Å². The standard InChI is InChI=1S/C18H13F3N4O/c1-10-8-15(23-9-22-10)24-11-2-4-12(5-3-11)25-18(26)13-6-7-14(19)17(21)16(13)20/h2-9H,1H3,(H,25,26)(H,22,23,24). The summed E-state index contributed by atoms with van der Waals surface area (Å²) < 4.78 is 39.8. The van der Waals surface area contributed by atoms with Crippen LogP contribution < -0.4 is 10.6 Å². The normalized spacial score (nSPS) is 10.5. The van der Waals surface area contributed by atoms with Crippen LogP contribution in [0.25, 0.3) is 0 Å². The third-order valence-electron chi connectivity index (χ3n) is 3.50. The lowest BCUT2D eigenvalue weighted by Crippen LogP contribution is -2.15. The largest absolute Gasteiger partial charge is 0.340 e. The molecule has 8 heteroatoms. The van der Waals surface area contributed by atoms with Crippen molar-refractivity contribution in [2.75, 3.05) is 10.6 Å². The van der Waals surface area contributed by atoms with Gasteiger partial charge in [0.1, 0.15) is 12.1 Å². The van der Waals surface area contributed by atoms with E-state index in [1.54, 1.807) is 30.3 Å². The van der Waals surface area contributed by atoms with Crippen LogP contribution in [0.1, 0.15) is 16.1 Å². The van der Waals surface area contributed by atoms with Crippen molar-refractivity contribution in [1.82, 2.24) is 9.97 Å². The third kappa shape index (κ3) is 3.80. The predicted molar refractivity (Wildman–Crippen MR) is 90.8 cm³/mol. The molecule has 0 spiro atoms. The first-order valence-corrected chi connectivity index (χ1v) is 7.54. The highest BCUT2D eigenvalue weighted by Crippen LogP contribution is 2.20. The highest BCUT2D eigenvalue weighted by atomic mass is 19.2. The van der Waals surface area contributed by atoms with Crippen LogP contribution in [-0.2, 0) is 0 Å². The molecule has 0 fully saturated rings. The fourth-order valence-electron chi connectivity index (χ4n) is 2.21. The van der Waals surface area contributed by atoms with E-state index in [0.717, 1.165) is 11.8 Å². The number of halogens is 3. The van der Waals surface area contributed by atoms with Crippen molar-refractivity contribution in [3.8, 4) is 0 Å². The summed E-state index contributed by atoms with van der Waals surface area (Å²) in [6, 6.07) is 9.85. The number of nitrogens with zero attached hydrogens (tertiary/aromatic N) is 2. The molecule has 1 aromatic heterocycles. The quantitative estimate of drug-likeness (QED) is 0.686. The van der Waals surface area contributed by atoms with Gasteiger partial charge in [-0.3, -0.25) is 4.79 Å². The van der Waals surface area contributed by atoms with Crippen molar-refractivity contribution in [3.63, 3.8) is 0 Å². The van der Waals surface area contributed by atoms with Crippen LogP contribution in [0.4, 0.5) is 30.4 Å². The summed E-state index contributed by atoms with van der Waals surface area (Å²) in [6.45, 7) is 1.84. The Morgan fingerprint density at radius 2 is 1.62 bits per heavy atom. The number of hydrogen-bond donors (Lipinski definition) is 2. The van der Waals surface area contributed by atoms with E-state index in [1.807, 2.05) is 6.92 Å². The summed E-state index contributed by atoms with van der Waals surface area (Å²) >= 11 is 0. The van der Waals surface area contributed by atoms with Gasteiger partial charge in [0.2, 0.25) is 0 Å². The lowest BCUT2D eigenvalue weighted by atomic mass is 10.1. The molecule has 0 aliphatic carbocycles. The summed E-state index contributed by atoms with van der Waals surface area (Å²) in [5.41, 5.74) is 1.30. The zero-order valence-corrected chi connectivity index (χ0v) is 13.6. The van der Waals surface area contributed by atoms with E-state index in [9.17, 15) is 18.0 Å². The highest BCUT2D eigenvalue weighted by Gasteiger charge is 2.18. The minimum absolute atomic E-state index is 0.364. The third-order valence-corrected chi connectivity index (χ3v) is 3.50. The Morgan fingerprint density at radius 1 is 0.923 bits per heavy atom. The van der Waals surface area contributed by atoms with Crippen molar-refractivity contribution >= 4 is 23.1 Å². The van der Waals surface area contributed by atoms with Crippen molar-refractivity contribution in [2.45, 2.75) is 6.92 Å². The molecule has 3 rings (SSSR count). The zero-order valence-electron chi connectivity index (χ0n) is 13.6. The minimum atomic E-state index is -1.68. The average Bonchev–Trinajstić information content (AvgIpc) is 2.61. The molecule has 0 saturated carbocycles. The van der Waals surface area contributed by atoms with Crippen LogP contribution in [-0.4, -0.2) is 15.9 Å². The van der Waals surface area contributed by atoms with Crippen LogP contribution in [0, 0.1) is 24.4 Å². The molecule has 0 unspecified atom stereocenters. The van der Waals surface area contributed by atoms with E-state index >= 15 is 0 Å². The Balaban J connectivity index is 1.71. The molecule has 0 aliphatic rings. The van der Waals surface area contributed by atoms with Gasteiger partial charge in [-0.05, 0) is 43.3 Å². The van der Waals surface area contributed by atoms with Gasteiger partial charge in [-0.1, -0.05) is 0 Å². The lowest BCUT2D eigenvalue weighted by molar-refractivity contribution is 0.102. The van der Waals surface area contributed by atoms with E-state index in [4.69, 9.17) is 0 Å². The molecule has 2 aromatic carbocycles. The number of carbonyl (C=O) groups is 1. The number of nitrogens with one attached hydrogen (secondary N) is 2. The molecule has 1 heterocycles. The van der Waals surface area contributed by atoms with Gasteiger partial charge >= 0.3 is 0 Å². The maximum Gasteiger partial charge on any atom is 0.258 e. The molecular formula is C18H13F3N4O. The molecule has 26 heavy (non-hydrogen) atoms. The number of hydrogen-bond acceptors (Lipinski definition) is 4. The minimum Gasteiger partial charge on any atom is -0.340 e. The number of anilines is 3. The van der Waals surface area contributed by atoms with Gasteiger partial charge in [0.25, 0.3) is 5.91 Å². The molecule has 5 nitrogen and oxygen atoms in total. The Labute approximate surface area is 146 Å². The molecule has 132 valence electrons. The number of aryl methyl sites for hydroxylation is 1.